The first-order chi connectivity index (χ1) is 53.7. The van der Waals surface area contributed by atoms with Crippen LogP contribution in [0.15, 0.2) is 170 Å². The molecule has 0 saturated heterocycles. The van der Waals surface area contributed by atoms with E-state index in [9.17, 15) is 43.2 Å². The molecule has 0 aliphatic heterocycles. The second kappa shape index (κ2) is 81.4. The van der Waals surface area contributed by atoms with Gasteiger partial charge in [0.1, 0.15) is 19.3 Å². The summed E-state index contributed by atoms with van der Waals surface area (Å²) < 4.78 is 68.7. The van der Waals surface area contributed by atoms with Crippen LogP contribution in [0.3, 0.4) is 0 Å². The Kier molecular flexibility index (Phi) is 77.3. The first kappa shape index (κ1) is 104. The number of aliphatic hydroxyl groups excluding tert-OH is 1. The highest BCUT2D eigenvalue weighted by Crippen LogP contribution is 2.45. The van der Waals surface area contributed by atoms with Crippen LogP contribution in [0.4, 0.5) is 0 Å². The zero-order valence-corrected chi connectivity index (χ0v) is 70.4. The number of hydrogen-bond acceptors (Lipinski definition) is 15. The average Bonchev–Trinajstić information content (AvgIpc) is 0.899. The zero-order valence-electron chi connectivity index (χ0n) is 68.6. The number of ether oxygens (including phenoxy) is 4. The summed E-state index contributed by atoms with van der Waals surface area (Å²) in [7, 11) is -10.0. The van der Waals surface area contributed by atoms with Gasteiger partial charge in [0, 0.05) is 25.7 Å². The van der Waals surface area contributed by atoms with E-state index in [1.165, 1.54) is 57.8 Å². The molecule has 0 aliphatic rings. The van der Waals surface area contributed by atoms with Crippen LogP contribution in [0.1, 0.15) is 323 Å². The SMILES string of the molecule is CC/C=C\C/C=C\C/C=C\C/C=C\C/C=C\CCCCCC(=O)OCC(COP(=O)(O)OCC(O)COP(=O)(O)OCC(COC(=O)CCCCCCCC/C=C\C/C=C\C/C=C\CCCCC)OC(=O)CCC/C=C\C/C=C\C/C=C\C/C=C\C/C=C\CC)OC(=O)CCCCCCC/C=C\CCCCCCCC. The third-order valence-electron chi connectivity index (χ3n) is 17.1. The molecule has 0 fully saturated rings. The standard InChI is InChI=1S/C91H150O17P2/c1-5-9-13-17-21-25-29-33-37-40-42-45-48-51-55-59-63-67-71-75-88(93)101-81-86(107-90(95)77-73-69-65-61-57-53-47-36-32-28-24-20-16-12-8-4)83-105-109(97,98)103-79-85(92)80-104-110(99,100)106-84-87(108-91(96)78-74-70-66-62-58-54-50-44-39-35-31-27-23-19-15-11-7-3)82-102-89(94)76-72-68-64-60-56-52-49-46-43-41-38-34-30-26-22-18-14-10-6-2/h9,11,13,15,21-23,25-27,33-39,42-43,45-47,50-51,54-55,62,66,85-87,92H,5-8,10,12,14,16-20,24,28-32,40-41,44,48-49,52-53,56-61,63-65,67-84H2,1-4H3,(H,97,98)(H,99,100)/b13-9-,15-11-,25-21-,26-22-,27-23-,37-33-,38-34-,39-35-,45-42-,46-43-,47-36-,54-50-,55-51-,66-62-. The zero-order chi connectivity index (χ0) is 80.3. The lowest BCUT2D eigenvalue weighted by atomic mass is 10.1. The summed E-state index contributed by atoms with van der Waals surface area (Å²) in [6, 6.07) is 0. The Balaban J connectivity index is 5.48. The second-order valence-corrected chi connectivity index (χ2v) is 30.6. The number of hydrogen-bond donors (Lipinski definition) is 3. The van der Waals surface area contributed by atoms with Gasteiger partial charge in [-0.05, 0) is 173 Å². The van der Waals surface area contributed by atoms with Gasteiger partial charge in [-0.1, -0.05) is 294 Å². The van der Waals surface area contributed by atoms with Crippen molar-refractivity contribution >= 4 is 39.5 Å². The molecule has 0 spiro atoms. The molecule has 0 rings (SSSR count). The van der Waals surface area contributed by atoms with E-state index in [1.807, 2.05) is 12.2 Å². The van der Waals surface area contributed by atoms with Gasteiger partial charge in [0.2, 0.25) is 0 Å². The molecule has 0 amide bonds. The van der Waals surface area contributed by atoms with E-state index < -0.39 is 97.5 Å². The Bertz CT molecular complexity index is 2750. The summed E-state index contributed by atoms with van der Waals surface area (Å²) in [4.78, 5) is 73.2. The molecule has 19 heteroatoms. The van der Waals surface area contributed by atoms with Gasteiger partial charge in [0.15, 0.2) is 12.2 Å². The Morgan fingerprint density at radius 3 is 0.800 bits per heavy atom. The summed E-state index contributed by atoms with van der Waals surface area (Å²) >= 11 is 0. The van der Waals surface area contributed by atoms with Crippen LogP contribution in [0, 0.1) is 0 Å². The van der Waals surface area contributed by atoms with Crippen molar-refractivity contribution in [1.82, 2.24) is 0 Å². The van der Waals surface area contributed by atoms with E-state index in [2.05, 4.69) is 186 Å². The van der Waals surface area contributed by atoms with Crippen molar-refractivity contribution in [2.45, 2.75) is 341 Å². The molecule has 5 atom stereocenters. The molecular weight excluding hydrogens is 1430 g/mol. The van der Waals surface area contributed by atoms with E-state index in [0.717, 1.165) is 180 Å². The van der Waals surface area contributed by atoms with E-state index >= 15 is 0 Å². The molecule has 17 nitrogen and oxygen atoms in total. The van der Waals surface area contributed by atoms with Crippen LogP contribution in [0.25, 0.3) is 0 Å². The van der Waals surface area contributed by atoms with Crippen LogP contribution in [0.2, 0.25) is 0 Å². The third-order valence-corrected chi connectivity index (χ3v) is 19.0. The maximum Gasteiger partial charge on any atom is 0.472 e. The van der Waals surface area contributed by atoms with Gasteiger partial charge < -0.3 is 33.8 Å². The van der Waals surface area contributed by atoms with Gasteiger partial charge in [-0.15, -0.1) is 0 Å². The lowest BCUT2D eigenvalue weighted by Crippen LogP contribution is -2.30. The molecule has 0 aromatic rings. The topological polar surface area (TPSA) is 237 Å². The maximum atomic E-state index is 13.1. The minimum absolute atomic E-state index is 0.00732. The van der Waals surface area contributed by atoms with Gasteiger partial charge in [-0.2, -0.15) is 0 Å². The number of esters is 4. The average molecular weight is 1580 g/mol. The third kappa shape index (κ3) is 80.5. The fraction of sp³-hybridized carbons (Fsp3) is 0.648. The number of rotatable bonds is 78. The second-order valence-electron chi connectivity index (χ2n) is 27.6. The van der Waals surface area contributed by atoms with E-state index in [4.69, 9.17) is 37.0 Å². The molecule has 0 aromatic heterocycles. The van der Waals surface area contributed by atoms with Crippen LogP contribution in [0.5, 0.6) is 0 Å². The molecular formula is C91H150O17P2. The lowest BCUT2D eigenvalue weighted by molar-refractivity contribution is -0.161. The predicted molar refractivity (Wildman–Crippen MR) is 454 cm³/mol. The van der Waals surface area contributed by atoms with Gasteiger partial charge >= 0.3 is 39.5 Å². The molecule has 0 bridgehead atoms. The van der Waals surface area contributed by atoms with Gasteiger partial charge in [-0.3, -0.25) is 37.3 Å². The number of allylic oxidation sites excluding steroid dienone is 28. The minimum Gasteiger partial charge on any atom is -0.462 e. The monoisotopic (exact) mass is 1580 g/mol. The number of aliphatic hydroxyl groups is 1. The Morgan fingerprint density at radius 2 is 0.482 bits per heavy atom. The van der Waals surface area contributed by atoms with E-state index in [0.29, 0.717) is 32.1 Å². The quantitative estimate of drug-likeness (QED) is 0.0169. The van der Waals surface area contributed by atoms with E-state index in [1.54, 1.807) is 0 Å². The van der Waals surface area contributed by atoms with Crippen molar-refractivity contribution in [3.8, 4) is 0 Å². The molecule has 0 heterocycles. The lowest BCUT2D eigenvalue weighted by Gasteiger charge is -2.21. The molecule has 0 radical (unpaired) electrons. The van der Waals surface area contributed by atoms with Crippen molar-refractivity contribution in [3.63, 3.8) is 0 Å². The number of unbranched alkanes of at least 4 members (excludes halogenated alkanes) is 24. The van der Waals surface area contributed by atoms with E-state index in [-0.39, 0.29) is 25.7 Å². The number of carbonyl (C=O) groups excluding carboxylic acids is 4. The molecule has 5 unspecified atom stereocenters. The van der Waals surface area contributed by atoms with Crippen LogP contribution < -0.4 is 0 Å². The van der Waals surface area contributed by atoms with Gasteiger partial charge in [0.05, 0.1) is 26.4 Å². The summed E-state index contributed by atoms with van der Waals surface area (Å²) in [5.41, 5.74) is 0. The molecule has 0 saturated carbocycles. The first-order valence-corrected chi connectivity index (χ1v) is 45.4. The van der Waals surface area contributed by atoms with Crippen LogP contribution in [-0.4, -0.2) is 96.7 Å². The molecule has 110 heavy (non-hydrogen) atoms. The highest BCUT2D eigenvalue weighted by Gasteiger charge is 2.30. The smallest absolute Gasteiger partial charge is 0.462 e. The number of phosphoric acid groups is 2. The largest absolute Gasteiger partial charge is 0.472 e. The normalized spacial score (nSPS) is 14.6. The van der Waals surface area contributed by atoms with Crippen molar-refractivity contribution in [3.05, 3.63) is 170 Å². The summed E-state index contributed by atoms with van der Waals surface area (Å²) in [6.45, 7) is 4.50. The van der Waals surface area contributed by atoms with Crippen molar-refractivity contribution in [2.24, 2.45) is 0 Å². The fourth-order valence-electron chi connectivity index (χ4n) is 10.8. The van der Waals surface area contributed by atoms with Crippen molar-refractivity contribution in [2.75, 3.05) is 39.6 Å². The Hall–Kier alpha value is -5.58. The molecule has 0 aliphatic carbocycles. The van der Waals surface area contributed by atoms with Gasteiger partial charge in [-0.25, -0.2) is 9.13 Å². The van der Waals surface area contributed by atoms with Crippen molar-refractivity contribution < 1.29 is 80.2 Å². The summed E-state index contributed by atoms with van der Waals surface area (Å²) in [5.74, 6) is -2.31. The Morgan fingerprint density at radius 1 is 0.264 bits per heavy atom. The minimum atomic E-state index is -5.01. The summed E-state index contributed by atoms with van der Waals surface area (Å²) in [6.07, 6.45) is 97.5. The molecule has 0 aromatic carbocycles. The Labute approximate surface area is 667 Å². The fourth-order valence-corrected chi connectivity index (χ4v) is 12.3. The first-order valence-electron chi connectivity index (χ1n) is 42.4. The predicted octanol–water partition coefficient (Wildman–Crippen LogP) is 25.3. The highest BCUT2D eigenvalue weighted by atomic mass is 31.2. The van der Waals surface area contributed by atoms with Gasteiger partial charge in [0.25, 0.3) is 0 Å². The van der Waals surface area contributed by atoms with Crippen LogP contribution >= 0.6 is 15.6 Å². The molecule has 626 valence electrons. The number of carbonyl (C=O) groups is 4. The summed E-state index contributed by atoms with van der Waals surface area (Å²) in [5, 5.41) is 10.7. The van der Waals surface area contributed by atoms with Crippen LogP contribution in [-0.2, 0) is 65.4 Å². The molecule has 3 N–H and O–H groups in total. The number of phosphoric ester groups is 2. The highest BCUT2D eigenvalue weighted by molar-refractivity contribution is 7.47. The maximum absolute atomic E-state index is 13.1. The van der Waals surface area contributed by atoms with Crippen molar-refractivity contribution in [1.29, 1.82) is 0 Å².